The summed E-state index contributed by atoms with van der Waals surface area (Å²) >= 11 is 3.47. The smallest absolute Gasteiger partial charge is 0.232 e. The third kappa shape index (κ3) is 3.83. The number of halogens is 1. The highest BCUT2D eigenvalue weighted by atomic mass is 79.9. The van der Waals surface area contributed by atoms with E-state index >= 15 is 0 Å². The summed E-state index contributed by atoms with van der Waals surface area (Å²) in [5.41, 5.74) is 4.69. The molecule has 3 nitrogen and oxygen atoms in total. The molecule has 1 amide bonds. The zero-order chi connectivity index (χ0) is 20.8. The van der Waals surface area contributed by atoms with Gasteiger partial charge in [-0.3, -0.25) is 14.5 Å². The maximum Gasteiger partial charge on any atom is 0.232 e. The van der Waals surface area contributed by atoms with Crippen LogP contribution in [0.15, 0.2) is 64.3 Å². The van der Waals surface area contributed by atoms with E-state index in [1.165, 1.54) is 5.56 Å². The van der Waals surface area contributed by atoms with E-state index in [1.807, 2.05) is 41.3 Å². The maximum atomic E-state index is 13.3. The first kappa shape index (κ1) is 20.1. The van der Waals surface area contributed by atoms with Gasteiger partial charge in [0.25, 0.3) is 0 Å². The molecule has 0 aromatic heterocycles. The molecule has 1 aliphatic heterocycles. The summed E-state index contributed by atoms with van der Waals surface area (Å²) in [7, 11) is 0. The Balaban J connectivity index is 1.86. The van der Waals surface area contributed by atoms with Crippen LogP contribution >= 0.6 is 15.9 Å². The van der Waals surface area contributed by atoms with Crippen molar-refractivity contribution in [1.29, 1.82) is 0 Å². The van der Waals surface area contributed by atoms with Crippen molar-refractivity contribution in [3.8, 4) is 0 Å². The van der Waals surface area contributed by atoms with E-state index in [1.54, 1.807) is 0 Å². The van der Waals surface area contributed by atoms with Crippen LogP contribution in [-0.4, -0.2) is 11.7 Å². The molecule has 0 bridgehead atoms. The number of ketones is 1. The largest absolute Gasteiger partial charge is 0.294 e. The standard InChI is InChI=1S/C25H26BrNO2/c1-4-16-5-11-19(12-6-16)27-21-14-25(2,3)15-22(28)24(21)20(13-23(27)29)17-7-9-18(26)10-8-17/h5-12,20H,4,13-15H2,1-3H3. The van der Waals surface area contributed by atoms with Gasteiger partial charge in [0.15, 0.2) is 5.78 Å². The molecule has 4 heteroatoms. The number of carbonyl (C=O) groups is 2. The zero-order valence-corrected chi connectivity index (χ0v) is 18.8. The average molecular weight is 452 g/mol. The molecule has 2 aromatic rings. The Morgan fingerprint density at radius 3 is 2.28 bits per heavy atom. The number of Topliss-reactive ketones (excluding diaryl/α,β-unsaturated/α-hetero) is 1. The number of rotatable bonds is 3. The SMILES string of the molecule is CCc1ccc(N2C(=O)CC(c3ccc(Br)cc3)C3=C2CC(C)(C)CC3=O)cc1. The lowest BCUT2D eigenvalue weighted by molar-refractivity contribution is -0.121. The van der Waals surface area contributed by atoms with Crippen LogP contribution in [0.4, 0.5) is 5.69 Å². The Kier molecular flexibility index (Phi) is 5.24. The van der Waals surface area contributed by atoms with Gasteiger partial charge in [-0.25, -0.2) is 0 Å². The molecule has 2 aliphatic rings. The van der Waals surface area contributed by atoms with Crippen molar-refractivity contribution < 1.29 is 9.59 Å². The van der Waals surface area contributed by atoms with E-state index in [9.17, 15) is 9.59 Å². The number of benzene rings is 2. The van der Waals surface area contributed by atoms with E-state index in [2.05, 4.69) is 48.8 Å². The molecule has 0 spiro atoms. The second-order valence-electron chi connectivity index (χ2n) is 8.86. The topological polar surface area (TPSA) is 37.4 Å². The van der Waals surface area contributed by atoms with Crippen LogP contribution in [0.25, 0.3) is 0 Å². The van der Waals surface area contributed by atoms with Crippen LogP contribution in [-0.2, 0) is 16.0 Å². The van der Waals surface area contributed by atoms with Crippen LogP contribution in [0.3, 0.4) is 0 Å². The summed E-state index contributed by atoms with van der Waals surface area (Å²) < 4.78 is 0.992. The summed E-state index contributed by atoms with van der Waals surface area (Å²) in [4.78, 5) is 28.4. The van der Waals surface area contributed by atoms with E-state index in [4.69, 9.17) is 0 Å². The second-order valence-corrected chi connectivity index (χ2v) is 9.77. The van der Waals surface area contributed by atoms with Gasteiger partial charge >= 0.3 is 0 Å². The van der Waals surface area contributed by atoms with Gasteiger partial charge in [0.1, 0.15) is 0 Å². The van der Waals surface area contributed by atoms with E-state index in [0.717, 1.165) is 39.8 Å². The minimum Gasteiger partial charge on any atom is -0.294 e. The van der Waals surface area contributed by atoms with Gasteiger partial charge in [-0.1, -0.05) is 61.0 Å². The molecule has 4 rings (SSSR count). The second kappa shape index (κ2) is 7.56. The molecule has 0 N–H and O–H groups in total. The number of hydrogen-bond donors (Lipinski definition) is 0. The highest BCUT2D eigenvalue weighted by Crippen LogP contribution is 2.48. The molecule has 0 radical (unpaired) electrons. The Morgan fingerprint density at radius 2 is 1.66 bits per heavy atom. The number of carbonyl (C=O) groups excluding carboxylic acids is 2. The Bertz CT molecular complexity index is 986. The number of aryl methyl sites for hydroxylation is 1. The van der Waals surface area contributed by atoms with Gasteiger partial charge in [-0.05, 0) is 53.6 Å². The third-order valence-electron chi connectivity index (χ3n) is 6.02. The average Bonchev–Trinajstić information content (AvgIpc) is 2.67. The predicted molar refractivity (Wildman–Crippen MR) is 120 cm³/mol. The number of hydrogen-bond acceptors (Lipinski definition) is 2. The molecular formula is C25H26BrNO2. The monoisotopic (exact) mass is 451 g/mol. The maximum absolute atomic E-state index is 13.3. The minimum absolute atomic E-state index is 0.0615. The molecular weight excluding hydrogens is 426 g/mol. The van der Waals surface area contributed by atoms with Crippen LogP contribution in [0.2, 0.25) is 0 Å². The number of anilines is 1. The molecule has 2 aromatic carbocycles. The van der Waals surface area contributed by atoms with E-state index < -0.39 is 0 Å². The third-order valence-corrected chi connectivity index (χ3v) is 6.55. The lowest BCUT2D eigenvalue weighted by atomic mass is 9.69. The van der Waals surface area contributed by atoms with Crippen molar-refractivity contribution in [3.05, 3.63) is 75.4 Å². The van der Waals surface area contributed by atoms with E-state index in [-0.39, 0.29) is 23.0 Å². The minimum atomic E-state index is -0.166. The number of amides is 1. The van der Waals surface area contributed by atoms with Gasteiger partial charge in [-0.2, -0.15) is 0 Å². The van der Waals surface area contributed by atoms with Crippen molar-refractivity contribution in [3.63, 3.8) is 0 Å². The van der Waals surface area contributed by atoms with Gasteiger partial charge < -0.3 is 0 Å². The molecule has 1 unspecified atom stereocenters. The summed E-state index contributed by atoms with van der Waals surface area (Å²) in [6.45, 7) is 6.34. The molecule has 29 heavy (non-hydrogen) atoms. The van der Waals surface area contributed by atoms with Gasteiger partial charge in [0.05, 0.1) is 0 Å². The first-order chi connectivity index (χ1) is 13.8. The van der Waals surface area contributed by atoms with Crippen molar-refractivity contribution in [2.45, 2.75) is 52.4 Å². The molecule has 0 saturated heterocycles. The lowest BCUT2D eigenvalue weighted by Crippen LogP contribution is -2.43. The predicted octanol–water partition coefficient (Wildman–Crippen LogP) is 6.18. The van der Waals surface area contributed by atoms with Crippen LogP contribution < -0.4 is 4.90 Å². The quantitative estimate of drug-likeness (QED) is 0.558. The lowest BCUT2D eigenvalue weighted by Gasteiger charge is -2.43. The van der Waals surface area contributed by atoms with Crippen LogP contribution in [0.1, 0.15) is 57.1 Å². The summed E-state index contributed by atoms with van der Waals surface area (Å²) in [5, 5.41) is 0. The molecule has 0 saturated carbocycles. The first-order valence-corrected chi connectivity index (χ1v) is 11.0. The zero-order valence-electron chi connectivity index (χ0n) is 17.2. The summed E-state index contributed by atoms with van der Waals surface area (Å²) in [6.07, 6.45) is 2.53. The normalized spacial score (nSPS) is 21.4. The van der Waals surface area contributed by atoms with Crippen molar-refractivity contribution in [2.75, 3.05) is 4.90 Å². The number of allylic oxidation sites excluding steroid dienone is 2. The van der Waals surface area contributed by atoms with Gasteiger partial charge in [0.2, 0.25) is 5.91 Å². The number of nitrogens with zero attached hydrogens (tertiary/aromatic N) is 1. The van der Waals surface area contributed by atoms with Crippen LogP contribution in [0.5, 0.6) is 0 Å². The molecule has 1 heterocycles. The molecule has 0 fully saturated rings. The Labute approximate surface area is 180 Å². The molecule has 1 aliphatic carbocycles. The molecule has 150 valence electrons. The van der Waals surface area contributed by atoms with Crippen LogP contribution in [0, 0.1) is 5.41 Å². The Morgan fingerprint density at radius 1 is 1.00 bits per heavy atom. The van der Waals surface area contributed by atoms with Gasteiger partial charge in [0, 0.05) is 40.2 Å². The fourth-order valence-electron chi connectivity index (χ4n) is 4.58. The highest BCUT2D eigenvalue weighted by Gasteiger charge is 2.44. The first-order valence-electron chi connectivity index (χ1n) is 10.2. The molecule has 1 atom stereocenters. The fourth-order valence-corrected chi connectivity index (χ4v) is 4.84. The van der Waals surface area contributed by atoms with Crippen molar-refractivity contribution in [2.24, 2.45) is 5.41 Å². The highest BCUT2D eigenvalue weighted by molar-refractivity contribution is 9.10. The van der Waals surface area contributed by atoms with Crippen molar-refractivity contribution >= 4 is 33.3 Å². The summed E-state index contributed by atoms with van der Waals surface area (Å²) in [5.74, 6) is 0.0682. The Hall–Kier alpha value is -2.20. The van der Waals surface area contributed by atoms with Crippen molar-refractivity contribution in [1.82, 2.24) is 0 Å². The summed E-state index contributed by atoms with van der Waals surface area (Å²) in [6, 6.07) is 16.1. The fraction of sp³-hybridized carbons (Fsp3) is 0.360. The van der Waals surface area contributed by atoms with E-state index in [0.29, 0.717) is 12.8 Å². The van der Waals surface area contributed by atoms with Gasteiger partial charge in [-0.15, -0.1) is 0 Å².